The van der Waals surface area contributed by atoms with Crippen molar-refractivity contribution in [2.45, 2.75) is 38.7 Å². The average Bonchev–Trinajstić information content (AvgIpc) is 3.05. The molecular formula is C14H16F3N3O. The summed E-state index contributed by atoms with van der Waals surface area (Å²) in [4.78, 5) is 18.6. The van der Waals surface area contributed by atoms with Crippen molar-refractivity contribution in [1.82, 2.24) is 14.8 Å². The zero-order valence-corrected chi connectivity index (χ0v) is 11.5. The fourth-order valence-electron chi connectivity index (χ4n) is 2.92. The molecule has 0 unspecified atom stereocenters. The van der Waals surface area contributed by atoms with Gasteiger partial charge in [0.15, 0.2) is 0 Å². The van der Waals surface area contributed by atoms with E-state index in [2.05, 4.69) is 9.88 Å². The molecular weight excluding hydrogens is 283 g/mol. The third kappa shape index (κ3) is 3.02. The van der Waals surface area contributed by atoms with Crippen molar-refractivity contribution in [3.8, 4) is 0 Å². The number of fused-ring (bicyclic) bond motifs is 1. The molecule has 1 saturated heterocycles. The summed E-state index contributed by atoms with van der Waals surface area (Å²) in [5, 5.41) is 0. The van der Waals surface area contributed by atoms with Crippen LogP contribution in [0.15, 0.2) is 12.3 Å². The minimum atomic E-state index is -4.82. The number of pyridine rings is 1. The SMILES string of the molecule is O=C(N1Cc2cc(CN3CCCC3)cnc2C1)C(F)(F)F. The van der Waals surface area contributed by atoms with Gasteiger partial charge in [0.1, 0.15) is 0 Å². The van der Waals surface area contributed by atoms with E-state index in [1.165, 1.54) is 12.8 Å². The van der Waals surface area contributed by atoms with Gasteiger partial charge in [-0.2, -0.15) is 13.2 Å². The highest BCUT2D eigenvalue weighted by atomic mass is 19.4. The van der Waals surface area contributed by atoms with Crippen LogP contribution in [-0.4, -0.2) is 40.0 Å². The topological polar surface area (TPSA) is 36.4 Å². The van der Waals surface area contributed by atoms with E-state index in [0.717, 1.165) is 35.7 Å². The number of hydrogen-bond acceptors (Lipinski definition) is 3. The highest BCUT2D eigenvalue weighted by Gasteiger charge is 2.44. The van der Waals surface area contributed by atoms with Crippen molar-refractivity contribution in [3.05, 3.63) is 29.1 Å². The maximum Gasteiger partial charge on any atom is 0.471 e. The smallest absolute Gasteiger partial charge is 0.325 e. The Bertz CT molecular complexity index is 553. The van der Waals surface area contributed by atoms with Crippen LogP contribution in [0.1, 0.15) is 29.7 Å². The molecule has 0 atom stereocenters. The molecule has 0 spiro atoms. The van der Waals surface area contributed by atoms with Gasteiger partial charge in [-0.15, -0.1) is 0 Å². The van der Waals surface area contributed by atoms with E-state index in [9.17, 15) is 18.0 Å². The second-order valence-corrected chi connectivity index (χ2v) is 5.59. The van der Waals surface area contributed by atoms with Crippen LogP contribution in [0.5, 0.6) is 0 Å². The summed E-state index contributed by atoms with van der Waals surface area (Å²) in [6, 6.07) is 1.88. The zero-order valence-electron chi connectivity index (χ0n) is 11.5. The molecule has 0 radical (unpaired) electrons. The molecule has 21 heavy (non-hydrogen) atoms. The van der Waals surface area contributed by atoms with E-state index in [-0.39, 0.29) is 13.1 Å². The number of rotatable bonds is 2. The number of amides is 1. The quantitative estimate of drug-likeness (QED) is 0.839. The van der Waals surface area contributed by atoms with Gasteiger partial charge in [-0.25, -0.2) is 0 Å². The summed E-state index contributed by atoms with van der Waals surface area (Å²) >= 11 is 0. The molecule has 4 nitrogen and oxygen atoms in total. The van der Waals surface area contributed by atoms with Crippen molar-refractivity contribution in [2.75, 3.05) is 13.1 Å². The van der Waals surface area contributed by atoms with Gasteiger partial charge >= 0.3 is 12.1 Å². The Kier molecular flexibility index (Phi) is 3.61. The van der Waals surface area contributed by atoms with Crippen molar-refractivity contribution >= 4 is 5.91 Å². The minimum absolute atomic E-state index is 0.00544. The highest BCUT2D eigenvalue weighted by Crippen LogP contribution is 2.27. The van der Waals surface area contributed by atoms with Gasteiger partial charge in [0.2, 0.25) is 0 Å². The first-order chi connectivity index (χ1) is 9.93. The maximum absolute atomic E-state index is 12.5. The Morgan fingerprint density at radius 3 is 2.62 bits per heavy atom. The first kappa shape index (κ1) is 14.3. The molecule has 1 amide bonds. The Balaban J connectivity index is 1.70. The molecule has 0 aromatic carbocycles. The molecule has 1 fully saturated rings. The number of aromatic nitrogens is 1. The molecule has 2 aliphatic rings. The molecule has 0 aliphatic carbocycles. The van der Waals surface area contributed by atoms with Crippen LogP contribution >= 0.6 is 0 Å². The summed E-state index contributed by atoms with van der Waals surface area (Å²) < 4.78 is 37.4. The molecule has 3 heterocycles. The van der Waals surface area contributed by atoms with Crippen molar-refractivity contribution in [2.24, 2.45) is 0 Å². The second-order valence-electron chi connectivity index (χ2n) is 5.59. The fourth-order valence-corrected chi connectivity index (χ4v) is 2.92. The predicted octanol–water partition coefficient (Wildman–Crippen LogP) is 2.08. The number of carbonyl (C=O) groups excluding carboxylic acids is 1. The van der Waals surface area contributed by atoms with Gasteiger partial charge in [0.05, 0.1) is 12.2 Å². The van der Waals surface area contributed by atoms with Crippen LogP contribution in [0.25, 0.3) is 0 Å². The van der Waals surface area contributed by atoms with Crippen molar-refractivity contribution < 1.29 is 18.0 Å². The lowest BCUT2D eigenvalue weighted by molar-refractivity contribution is -0.186. The maximum atomic E-state index is 12.5. The Hall–Kier alpha value is -1.63. The lowest BCUT2D eigenvalue weighted by Gasteiger charge is -2.16. The number of hydrogen-bond donors (Lipinski definition) is 0. The summed E-state index contributed by atoms with van der Waals surface area (Å²) in [5.41, 5.74) is 2.29. The van der Waals surface area contributed by atoms with Crippen LogP contribution in [0, 0.1) is 0 Å². The monoisotopic (exact) mass is 299 g/mol. The summed E-state index contributed by atoms with van der Waals surface area (Å²) in [6.07, 6.45) is -0.738. The number of alkyl halides is 3. The van der Waals surface area contributed by atoms with E-state index in [1.807, 2.05) is 6.07 Å². The first-order valence-corrected chi connectivity index (χ1v) is 6.98. The van der Waals surface area contributed by atoms with Crippen molar-refractivity contribution in [3.63, 3.8) is 0 Å². The molecule has 0 N–H and O–H groups in total. The van der Waals surface area contributed by atoms with E-state index in [4.69, 9.17) is 0 Å². The van der Waals surface area contributed by atoms with E-state index in [0.29, 0.717) is 5.69 Å². The molecule has 1 aromatic heterocycles. The van der Waals surface area contributed by atoms with Crippen LogP contribution in [0.3, 0.4) is 0 Å². The van der Waals surface area contributed by atoms with Gasteiger partial charge in [-0.3, -0.25) is 14.7 Å². The molecule has 0 saturated carbocycles. The van der Waals surface area contributed by atoms with Gasteiger partial charge in [-0.05, 0) is 43.1 Å². The number of likely N-dealkylation sites (tertiary alicyclic amines) is 1. The molecule has 0 bridgehead atoms. The van der Waals surface area contributed by atoms with E-state index in [1.54, 1.807) is 6.20 Å². The standard InChI is InChI=1S/C14H16F3N3O/c15-14(16,17)13(21)20-8-11-5-10(6-18-12(11)9-20)7-19-3-1-2-4-19/h5-6H,1-4,7-9H2. The normalized spacial score (nSPS) is 19.1. The summed E-state index contributed by atoms with van der Waals surface area (Å²) in [5.74, 6) is -1.79. The summed E-state index contributed by atoms with van der Waals surface area (Å²) in [6.45, 7) is 2.81. The third-order valence-electron chi connectivity index (χ3n) is 3.95. The predicted molar refractivity (Wildman–Crippen MR) is 69.1 cm³/mol. The average molecular weight is 299 g/mol. The van der Waals surface area contributed by atoms with Gasteiger partial charge in [-0.1, -0.05) is 0 Å². The van der Waals surface area contributed by atoms with E-state index >= 15 is 0 Å². The minimum Gasteiger partial charge on any atom is -0.325 e. The Labute approximate surface area is 120 Å². The zero-order chi connectivity index (χ0) is 15.0. The van der Waals surface area contributed by atoms with Crippen LogP contribution < -0.4 is 0 Å². The van der Waals surface area contributed by atoms with Gasteiger partial charge < -0.3 is 4.90 Å². The van der Waals surface area contributed by atoms with Gasteiger partial charge in [0.25, 0.3) is 0 Å². The van der Waals surface area contributed by atoms with Crippen LogP contribution in [-0.2, 0) is 24.4 Å². The first-order valence-electron chi connectivity index (χ1n) is 6.98. The highest BCUT2D eigenvalue weighted by molar-refractivity contribution is 5.82. The molecule has 7 heteroatoms. The number of nitrogens with zero attached hydrogens (tertiary/aromatic N) is 3. The molecule has 3 rings (SSSR count). The largest absolute Gasteiger partial charge is 0.471 e. The van der Waals surface area contributed by atoms with Crippen molar-refractivity contribution in [1.29, 1.82) is 0 Å². The lowest BCUT2D eigenvalue weighted by Crippen LogP contribution is -2.37. The number of carbonyl (C=O) groups is 1. The lowest BCUT2D eigenvalue weighted by atomic mass is 10.1. The Morgan fingerprint density at radius 2 is 1.95 bits per heavy atom. The van der Waals surface area contributed by atoms with Crippen LogP contribution in [0.4, 0.5) is 13.2 Å². The fraction of sp³-hybridized carbons (Fsp3) is 0.571. The van der Waals surface area contributed by atoms with Crippen LogP contribution in [0.2, 0.25) is 0 Å². The number of halogens is 3. The summed E-state index contributed by atoms with van der Waals surface area (Å²) in [7, 11) is 0. The second kappa shape index (κ2) is 5.29. The van der Waals surface area contributed by atoms with E-state index < -0.39 is 12.1 Å². The van der Waals surface area contributed by atoms with Gasteiger partial charge in [0, 0.05) is 19.3 Å². The molecule has 1 aromatic rings. The Morgan fingerprint density at radius 1 is 1.24 bits per heavy atom. The molecule has 2 aliphatic heterocycles. The third-order valence-corrected chi connectivity index (χ3v) is 3.95. The molecule has 114 valence electrons.